The molecule has 2 heterocycles. The Hall–Kier alpha value is -3.32. The quantitative estimate of drug-likeness (QED) is 0.576. The first-order chi connectivity index (χ1) is 16.4. The van der Waals surface area contributed by atoms with Crippen LogP contribution in [0.15, 0.2) is 48.8 Å². The highest BCUT2D eigenvalue weighted by atomic mass is 16.5. The molecule has 7 nitrogen and oxygen atoms in total. The Morgan fingerprint density at radius 3 is 2.56 bits per heavy atom. The predicted octanol–water partition coefficient (Wildman–Crippen LogP) is 4.04. The Labute approximate surface area is 202 Å². The Morgan fingerprint density at radius 1 is 1.12 bits per heavy atom. The number of aromatic nitrogens is 2. The SMILES string of the molecule is CCOc1ccc(C(C)NC(=O)c2cc(N3CCN(C)CC3)ccc2C)cc1-c1cnn(C)c1. The lowest BCUT2D eigenvalue weighted by Gasteiger charge is -2.34. The number of ether oxygens (including phenoxy) is 1. The molecule has 0 spiro atoms. The molecular formula is C27H35N5O2. The maximum atomic E-state index is 13.3. The van der Waals surface area contributed by atoms with Crippen molar-refractivity contribution in [3.8, 4) is 16.9 Å². The van der Waals surface area contributed by atoms with Crippen LogP contribution in [0.1, 0.15) is 41.4 Å². The van der Waals surface area contributed by atoms with E-state index in [-0.39, 0.29) is 11.9 Å². The highest BCUT2D eigenvalue weighted by molar-refractivity contribution is 5.97. The third-order valence-corrected chi connectivity index (χ3v) is 6.50. The maximum absolute atomic E-state index is 13.3. The van der Waals surface area contributed by atoms with Crippen LogP contribution < -0.4 is 15.0 Å². The fraction of sp³-hybridized carbons (Fsp3) is 0.407. The summed E-state index contributed by atoms with van der Waals surface area (Å²) in [5.74, 6) is 0.756. The minimum Gasteiger partial charge on any atom is -0.493 e. The molecule has 3 aromatic rings. The van der Waals surface area contributed by atoms with Crippen LogP contribution in [-0.4, -0.2) is 60.4 Å². The van der Waals surface area contributed by atoms with Gasteiger partial charge in [-0.3, -0.25) is 9.48 Å². The molecule has 1 N–H and O–H groups in total. The molecule has 2 aromatic carbocycles. The van der Waals surface area contributed by atoms with Crippen molar-refractivity contribution in [3.63, 3.8) is 0 Å². The molecule has 0 radical (unpaired) electrons. The van der Waals surface area contributed by atoms with E-state index in [0.29, 0.717) is 6.61 Å². The molecule has 1 saturated heterocycles. The number of carbonyl (C=O) groups is 1. The molecule has 1 amide bonds. The number of hydrogen-bond donors (Lipinski definition) is 1. The topological polar surface area (TPSA) is 62.6 Å². The second-order valence-corrected chi connectivity index (χ2v) is 9.08. The van der Waals surface area contributed by atoms with Gasteiger partial charge in [0.25, 0.3) is 5.91 Å². The lowest BCUT2D eigenvalue weighted by atomic mass is 10.00. The van der Waals surface area contributed by atoms with Crippen molar-refractivity contribution in [1.29, 1.82) is 0 Å². The van der Waals surface area contributed by atoms with Gasteiger partial charge in [0.05, 0.1) is 18.8 Å². The second kappa shape index (κ2) is 10.3. The molecule has 1 unspecified atom stereocenters. The van der Waals surface area contributed by atoms with Gasteiger partial charge in [0.1, 0.15) is 5.75 Å². The van der Waals surface area contributed by atoms with Crippen molar-refractivity contribution in [2.45, 2.75) is 26.8 Å². The first-order valence-electron chi connectivity index (χ1n) is 12.0. The molecule has 4 rings (SSSR count). The molecule has 180 valence electrons. The van der Waals surface area contributed by atoms with E-state index in [9.17, 15) is 4.79 Å². The van der Waals surface area contributed by atoms with Gasteiger partial charge in [0.15, 0.2) is 0 Å². The third kappa shape index (κ3) is 5.25. The Kier molecular flexibility index (Phi) is 7.22. The van der Waals surface area contributed by atoms with Crippen LogP contribution in [0.4, 0.5) is 5.69 Å². The molecule has 0 saturated carbocycles. The van der Waals surface area contributed by atoms with Gasteiger partial charge >= 0.3 is 0 Å². The zero-order valence-corrected chi connectivity index (χ0v) is 20.8. The van der Waals surface area contributed by atoms with Crippen molar-refractivity contribution in [1.82, 2.24) is 20.0 Å². The number of anilines is 1. The summed E-state index contributed by atoms with van der Waals surface area (Å²) >= 11 is 0. The average Bonchev–Trinajstić information content (AvgIpc) is 3.26. The van der Waals surface area contributed by atoms with Crippen molar-refractivity contribution in [3.05, 3.63) is 65.5 Å². The van der Waals surface area contributed by atoms with Crippen molar-refractivity contribution >= 4 is 11.6 Å². The van der Waals surface area contributed by atoms with Crippen LogP contribution in [0, 0.1) is 6.92 Å². The summed E-state index contributed by atoms with van der Waals surface area (Å²) in [6.45, 7) is 10.6. The van der Waals surface area contributed by atoms with E-state index < -0.39 is 0 Å². The van der Waals surface area contributed by atoms with Gasteiger partial charge in [-0.15, -0.1) is 0 Å². The standard InChI is InChI=1S/C27H35N5O2/c1-6-34-26-10-8-21(15-25(26)22-17-28-31(5)18-22)20(3)29-27(33)24-16-23(9-7-19(24)2)32-13-11-30(4)12-14-32/h7-10,15-18,20H,6,11-14H2,1-5H3,(H,29,33). The lowest BCUT2D eigenvalue weighted by Crippen LogP contribution is -2.44. The summed E-state index contributed by atoms with van der Waals surface area (Å²) in [4.78, 5) is 18.0. The number of likely N-dealkylation sites (N-methyl/N-ethyl adjacent to an activating group) is 1. The first kappa shape index (κ1) is 23.8. The third-order valence-electron chi connectivity index (χ3n) is 6.50. The number of benzene rings is 2. The monoisotopic (exact) mass is 461 g/mol. The average molecular weight is 462 g/mol. The summed E-state index contributed by atoms with van der Waals surface area (Å²) in [5.41, 5.74) is 5.79. The molecule has 0 bridgehead atoms. The number of amides is 1. The van der Waals surface area contributed by atoms with Crippen molar-refractivity contribution < 1.29 is 9.53 Å². The minimum absolute atomic E-state index is 0.0576. The van der Waals surface area contributed by atoms with E-state index in [1.54, 1.807) is 4.68 Å². The van der Waals surface area contributed by atoms with Gasteiger partial charge in [0.2, 0.25) is 0 Å². The van der Waals surface area contributed by atoms with Crippen molar-refractivity contribution in [2.75, 3.05) is 44.7 Å². The van der Waals surface area contributed by atoms with Gasteiger partial charge in [0, 0.05) is 61.8 Å². The van der Waals surface area contributed by atoms with Crippen LogP contribution in [0.25, 0.3) is 11.1 Å². The normalized spacial score (nSPS) is 15.3. The number of hydrogen-bond acceptors (Lipinski definition) is 5. The molecule has 1 aliphatic rings. The van der Waals surface area contributed by atoms with Gasteiger partial charge in [-0.25, -0.2) is 0 Å². The summed E-state index contributed by atoms with van der Waals surface area (Å²) in [6.07, 6.45) is 3.80. The second-order valence-electron chi connectivity index (χ2n) is 9.08. The van der Waals surface area contributed by atoms with Crippen LogP contribution in [0.5, 0.6) is 5.75 Å². The van der Waals surface area contributed by atoms with Crippen LogP contribution in [-0.2, 0) is 7.05 Å². The van der Waals surface area contributed by atoms with E-state index in [4.69, 9.17) is 4.74 Å². The van der Waals surface area contributed by atoms with E-state index >= 15 is 0 Å². The number of nitrogens with one attached hydrogen (secondary N) is 1. The van der Waals surface area contributed by atoms with Crippen molar-refractivity contribution in [2.24, 2.45) is 7.05 Å². The molecule has 0 aliphatic carbocycles. The van der Waals surface area contributed by atoms with E-state index in [0.717, 1.165) is 65.4 Å². The van der Waals surface area contributed by atoms with Gasteiger partial charge < -0.3 is 19.9 Å². The Morgan fingerprint density at radius 2 is 1.88 bits per heavy atom. The predicted molar refractivity (Wildman–Crippen MR) is 137 cm³/mol. The number of nitrogens with zero attached hydrogens (tertiary/aromatic N) is 4. The fourth-order valence-electron chi connectivity index (χ4n) is 4.36. The van der Waals surface area contributed by atoms with Crippen LogP contribution in [0.2, 0.25) is 0 Å². The summed E-state index contributed by atoms with van der Waals surface area (Å²) in [6, 6.07) is 12.1. The first-order valence-corrected chi connectivity index (χ1v) is 12.0. The van der Waals surface area contributed by atoms with E-state index in [1.165, 1.54) is 0 Å². The van der Waals surface area contributed by atoms with Crippen LogP contribution in [0.3, 0.4) is 0 Å². The molecule has 1 atom stereocenters. The molecule has 7 heteroatoms. The Balaban J connectivity index is 1.54. The molecule has 1 aliphatic heterocycles. The fourth-order valence-corrected chi connectivity index (χ4v) is 4.36. The zero-order chi connectivity index (χ0) is 24.2. The number of piperazine rings is 1. The number of aryl methyl sites for hydroxylation is 2. The van der Waals surface area contributed by atoms with E-state index in [1.807, 2.05) is 64.5 Å². The number of carbonyl (C=O) groups excluding carboxylic acids is 1. The molecule has 1 fully saturated rings. The molecular weight excluding hydrogens is 426 g/mol. The highest BCUT2D eigenvalue weighted by Crippen LogP contribution is 2.33. The largest absolute Gasteiger partial charge is 0.493 e. The summed E-state index contributed by atoms with van der Waals surface area (Å²) in [7, 11) is 4.04. The maximum Gasteiger partial charge on any atom is 0.252 e. The van der Waals surface area contributed by atoms with Gasteiger partial charge in [-0.05, 0) is 63.2 Å². The zero-order valence-electron chi connectivity index (χ0n) is 20.8. The highest BCUT2D eigenvalue weighted by Gasteiger charge is 2.19. The summed E-state index contributed by atoms with van der Waals surface area (Å²) < 4.78 is 7.62. The summed E-state index contributed by atoms with van der Waals surface area (Å²) in [5, 5.41) is 7.50. The van der Waals surface area contributed by atoms with Gasteiger partial charge in [-0.2, -0.15) is 5.10 Å². The molecule has 1 aromatic heterocycles. The number of rotatable bonds is 7. The molecule has 34 heavy (non-hydrogen) atoms. The van der Waals surface area contributed by atoms with Gasteiger partial charge in [-0.1, -0.05) is 12.1 Å². The Bertz CT molecular complexity index is 1150. The van der Waals surface area contributed by atoms with E-state index in [2.05, 4.69) is 39.4 Å². The smallest absolute Gasteiger partial charge is 0.252 e. The van der Waals surface area contributed by atoms with Crippen LogP contribution >= 0.6 is 0 Å². The minimum atomic E-state index is -0.162. The lowest BCUT2D eigenvalue weighted by molar-refractivity contribution is 0.0939.